The standard InChI is InChI=1S/C63H99N3O13P/c1-14-50-61(8,40-67)56(70)45(6)66(52(68)33-24-16-15-17-27-35-80(47-28-20-18-21-29-47,48-30-22-19-23-31-48)51-32-25-26-34-64-51)39-41(2)37-62(9,73)58(79-60-54(69)49(65(11)12)36-42(3)75-60)43(4)55(44(5)59(72)77-50)78-53-38-63(10,74-13)57(71)46(7)76-53/h18-23,25-26,28-32,34,41-46,49-50,53-58,60,67,69-71,73H,14-17,24,27,33,35-40H2,1-13H3/q+1/t41-,42-,43+,44-,45-,46+,49+,50-,53+,54-,55+,56-,57+,58-,60+,61-,62-,63-/m1/s1. The van der Waals surface area contributed by atoms with Crippen molar-refractivity contribution >= 4 is 35.2 Å². The number of carbonyl (C=O) groups excluding carboxylic acids is 2. The van der Waals surface area contributed by atoms with Crippen molar-refractivity contribution in [2.24, 2.45) is 23.2 Å². The smallest absolute Gasteiger partial charge is 0.311 e. The van der Waals surface area contributed by atoms with Gasteiger partial charge in [-0.15, -0.1) is 0 Å². The molecule has 80 heavy (non-hydrogen) atoms. The number of amides is 1. The van der Waals surface area contributed by atoms with Crippen LogP contribution in [0.5, 0.6) is 0 Å². The van der Waals surface area contributed by atoms with E-state index in [0.717, 1.165) is 37.3 Å². The highest BCUT2D eigenvalue weighted by Gasteiger charge is 2.54. The Kier molecular flexibility index (Phi) is 23.7. The van der Waals surface area contributed by atoms with E-state index in [2.05, 4.69) is 72.8 Å². The molecule has 3 saturated heterocycles. The molecule has 3 aliphatic rings. The minimum Gasteiger partial charge on any atom is -0.461 e. The third kappa shape index (κ3) is 15.1. The zero-order chi connectivity index (χ0) is 58.7. The second-order valence-corrected chi connectivity index (χ2v) is 28.2. The third-order valence-electron chi connectivity index (χ3n) is 18.1. The summed E-state index contributed by atoms with van der Waals surface area (Å²) in [7, 11) is 3.19. The molecule has 3 aromatic rings. The molecule has 1 aromatic heterocycles. The number of likely N-dealkylation sites (N-methyl/N-ethyl adjacent to an activating group) is 1. The van der Waals surface area contributed by atoms with Crippen LogP contribution in [-0.4, -0.2) is 177 Å². The Labute approximate surface area is 478 Å². The van der Waals surface area contributed by atoms with Gasteiger partial charge in [-0.1, -0.05) is 83.0 Å². The molecule has 3 aliphatic heterocycles. The van der Waals surface area contributed by atoms with Gasteiger partial charge in [0.15, 0.2) is 18.0 Å². The normalized spacial score (nSPS) is 36.2. The fourth-order valence-corrected chi connectivity index (χ4v) is 17.4. The molecule has 2 aromatic carbocycles. The summed E-state index contributed by atoms with van der Waals surface area (Å²) in [5, 5.41) is 62.5. The van der Waals surface area contributed by atoms with Crippen LogP contribution in [0.3, 0.4) is 0 Å². The van der Waals surface area contributed by atoms with Gasteiger partial charge in [0.2, 0.25) is 5.91 Å². The zero-order valence-corrected chi connectivity index (χ0v) is 51.1. The van der Waals surface area contributed by atoms with E-state index >= 15 is 0 Å². The Morgan fingerprint density at radius 3 is 2.01 bits per heavy atom. The summed E-state index contributed by atoms with van der Waals surface area (Å²) in [6.07, 6.45) is -1.69. The number of carbonyl (C=O) groups is 2. The molecule has 3 fully saturated rings. The van der Waals surface area contributed by atoms with Crippen molar-refractivity contribution < 1.29 is 63.5 Å². The zero-order valence-electron chi connectivity index (χ0n) is 50.2. The number of aliphatic hydroxyl groups excluding tert-OH is 4. The van der Waals surface area contributed by atoms with Gasteiger partial charge < -0.3 is 63.8 Å². The Hall–Kier alpha value is -3.48. The van der Waals surface area contributed by atoms with Gasteiger partial charge in [0.25, 0.3) is 0 Å². The number of rotatable bonds is 19. The topological polar surface area (TPSA) is 210 Å². The molecular weight excluding hydrogens is 1040 g/mol. The molecule has 0 saturated carbocycles. The first kappa shape index (κ1) is 65.7. The predicted molar refractivity (Wildman–Crippen MR) is 313 cm³/mol. The average molecular weight is 1140 g/mol. The van der Waals surface area contributed by atoms with Crippen molar-refractivity contribution in [2.45, 2.75) is 218 Å². The van der Waals surface area contributed by atoms with Gasteiger partial charge in [-0.2, -0.15) is 0 Å². The molecule has 0 unspecified atom stereocenters. The molecule has 0 spiro atoms. The Bertz CT molecular complexity index is 2260. The van der Waals surface area contributed by atoms with E-state index in [-0.39, 0.29) is 50.3 Å². The quantitative estimate of drug-likeness (QED) is 0.0477. The van der Waals surface area contributed by atoms with Gasteiger partial charge in [0.05, 0.1) is 71.9 Å². The second-order valence-electron chi connectivity index (χ2n) is 24.6. The summed E-state index contributed by atoms with van der Waals surface area (Å²) in [5.41, 5.74) is -3.12. The molecule has 4 heterocycles. The Balaban J connectivity index is 1.28. The largest absolute Gasteiger partial charge is 0.461 e. The Morgan fingerprint density at radius 2 is 1.44 bits per heavy atom. The van der Waals surface area contributed by atoms with Crippen LogP contribution in [0.25, 0.3) is 0 Å². The number of pyridine rings is 1. The van der Waals surface area contributed by atoms with Crippen molar-refractivity contribution in [3.8, 4) is 0 Å². The average Bonchev–Trinajstić information content (AvgIpc) is 3.61. The second kappa shape index (κ2) is 28.9. The van der Waals surface area contributed by atoms with E-state index in [1.54, 1.807) is 46.4 Å². The van der Waals surface area contributed by atoms with E-state index in [4.69, 9.17) is 33.4 Å². The van der Waals surface area contributed by atoms with Gasteiger partial charge in [-0.05, 0) is 130 Å². The number of hydrogen-bond acceptors (Lipinski definition) is 15. The fraction of sp³-hybridized carbons (Fsp3) is 0.698. The van der Waals surface area contributed by atoms with E-state index in [1.807, 2.05) is 59.0 Å². The molecule has 0 aliphatic carbocycles. The summed E-state index contributed by atoms with van der Waals surface area (Å²) in [6, 6.07) is 26.5. The molecule has 16 nitrogen and oxygen atoms in total. The lowest BCUT2D eigenvalue weighted by Gasteiger charge is -2.48. The van der Waals surface area contributed by atoms with Crippen molar-refractivity contribution in [1.29, 1.82) is 0 Å². The number of cyclic esters (lactones) is 1. The maximum atomic E-state index is 14.9. The van der Waals surface area contributed by atoms with E-state index < -0.39 is 116 Å². The third-order valence-corrected chi connectivity index (χ3v) is 22.4. The van der Waals surface area contributed by atoms with Crippen LogP contribution < -0.4 is 16.0 Å². The SMILES string of the molecule is CC[C@H]1OC(=O)[C@H](C)[C@@H](O[C@H]2C[C@@](C)(OC)[C@@H](O)[C@H](C)O2)[C@H](C)[C@@H](O[C@@H]2O[C@H](C)C[C@H](N(C)C)[C@H]2O)[C@](C)(O)C[C@@H](C)CN(C(=O)CCCCCCC[P+](c2ccccc2)(c2ccccc2)c2ccccn2)[C@H](C)[C@@H](O)[C@]1(C)CO. The van der Waals surface area contributed by atoms with E-state index in [1.165, 1.54) is 17.7 Å². The Morgan fingerprint density at radius 1 is 0.825 bits per heavy atom. The van der Waals surface area contributed by atoms with Gasteiger partial charge >= 0.3 is 5.97 Å². The van der Waals surface area contributed by atoms with Crippen LogP contribution in [-0.2, 0) is 38.0 Å². The molecule has 17 heteroatoms. The van der Waals surface area contributed by atoms with E-state index in [0.29, 0.717) is 12.8 Å². The van der Waals surface area contributed by atoms with Gasteiger partial charge in [-0.25, -0.2) is 4.98 Å². The number of methoxy groups -OCH3 is 1. The number of nitrogens with zero attached hydrogens (tertiary/aromatic N) is 3. The summed E-state index contributed by atoms with van der Waals surface area (Å²) in [6.45, 7) is 17.3. The van der Waals surface area contributed by atoms with Gasteiger partial charge in [-0.3, -0.25) is 9.59 Å². The summed E-state index contributed by atoms with van der Waals surface area (Å²) >= 11 is 0. The lowest BCUT2D eigenvalue weighted by molar-refractivity contribution is -0.318. The van der Waals surface area contributed by atoms with Gasteiger partial charge in [0, 0.05) is 50.7 Å². The molecule has 0 radical (unpaired) electrons. The monoisotopic (exact) mass is 1140 g/mol. The first-order valence-electron chi connectivity index (χ1n) is 29.5. The lowest BCUT2D eigenvalue weighted by Crippen LogP contribution is -2.60. The molecule has 6 rings (SSSR count). The van der Waals surface area contributed by atoms with Crippen LogP contribution >= 0.6 is 7.26 Å². The first-order chi connectivity index (χ1) is 37.9. The van der Waals surface area contributed by atoms with Crippen molar-refractivity contribution in [3.63, 3.8) is 0 Å². The number of aromatic nitrogens is 1. The predicted octanol–water partition coefficient (Wildman–Crippen LogP) is 6.77. The van der Waals surface area contributed by atoms with Gasteiger partial charge in [0.1, 0.15) is 36.2 Å². The highest BCUT2D eigenvalue weighted by atomic mass is 31.2. The molecular formula is C63H99N3O13P+. The lowest BCUT2D eigenvalue weighted by atomic mass is 9.75. The summed E-state index contributed by atoms with van der Waals surface area (Å²) < 4.78 is 38.6. The van der Waals surface area contributed by atoms with Crippen molar-refractivity contribution in [3.05, 3.63) is 85.1 Å². The minimum atomic E-state index is -2.08. The van der Waals surface area contributed by atoms with Crippen LogP contribution in [0.1, 0.15) is 133 Å². The first-order valence-corrected chi connectivity index (χ1v) is 31.5. The van der Waals surface area contributed by atoms with Crippen LogP contribution in [0, 0.1) is 23.2 Å². The highest BCUT2D eigenvalue weighted by Crippen LogP contribution is 2.55. The number of ether oxygens (including phenoxy) is 6. The summed E-state index contributed by atoms with van der Waals surface area (Å²) in [5.74, 6) is -3.18. The van der Waals surface area contributed by atoms with E-state index in [9.17, 15) is 35.1 Å². The molecule has 1 amide bonds. The fourth-order valence-electron chi connectivity index (χ4n) is 13.2. The maximum Gasteiger partial charge on any atom is 0.311 e. The van der Waals surface area contributed by atoms with Crippen LogP contribution in [0.4, 0.5) is 0 Å². The number of unbranched alkanes of at least 4 members (excludes halogenated alkanes) is 4. The number of benzene rings is 2. The van der Waals surface area contributed by atoms with Crippen LogP contribution in [0.2, 0.25) is 0 Å². The summed E-state index contributed by atoms with van der Waals surface area (Å²) in [4.78, 5) is 38.3. The highest BCUT2D eigenvalue weighted by molar-refractivity contribution is 7.95. The number of hydrogen-bond donors (Lipinski definition) is 5. The van der Waals surface area contributed by atoms with Crippen molar-refractivity contribution in [2.75, 3.05) is 40.5 Å². The van der Waals surface area contributed by atoms with Crippen molar-refractivity contribution in [1.82, 2.24) is 14.8 Å². The molecule has 0 bridgehead atoms. The number of esters is 1. The number of aliphatic hydroxyl groups is 5. The van der Waals surface area contributed by atoms with Crippen LogP contribution in [0.15, 0.2) is 85.1 Å². The molecule has 18 atom stereocenters. The molecule has 448 valence electrons. The molecule has 5 N–H and O–H groups in total. The minimum absolute atomic E-state index is 0.0734. The maximum absolute atomic E-state index is 14.9.